The molecule has 0 saturated carbocycles. The van der Waals surface area contributed by atoms with Crippen LogP contribution in [-0.2, 0) is 0 Å². The molecule has 2 aromatic heterocycles. The van der Waals surface area contributed by atoms with Crippen LogP contribution in [0.15, 0.2) is 83.4 Å². The molecule has 46 heavy (non-hydrogen) atoms. The van der Waals surface area contributed by atoms with Gasteiger partial charge in [-0.05, 0) is 66.8 Å². The molecule has 0 aliphatic heterocycles. The third-order valence-electron chi connectivity index (χ3n) is 7.14. The Labute approximate surface area is 267 Å². The van der Waals surface area contributed by atoms with Gasteiger partial charge in [-0.15, -0.1) is 29.6 Å². The number of thiazole rings is 1. The molecular weight excluding hydrogens is 615 g/mol. The zero-order valence-electron chi connectivity index (χ0n) is 25.4. The number of carbonyl (C=O) groups is 1. The van der Waals surface area contributed by atoms with Gasteiger partial charge in [-0.2, -0.15) is 10.3 Å². The fraction of sp³-hybridized carbons (Fsp3) is 0.242. The molecule has 3 aromatic carbocycles. The SMILES string of the molecule is Cc1ccc(C(C)C)c(-n2c(C)cs/c2=N\C(=O)NCC(C#N)c2ccc(-c3ncn(-c4ccc(OC(F)(F)F)cc4)n3)cc2)c1. The Hall–Kier alpha value is -5.22. The topological polar surface area (TPSA) is 110 Å². The van der Waals surface area contributed by atoms with Crippen molar-refractivity contribution in [1.82, 2.24) is 24.6 Å². The van der Waals surface area contributed by atoms with Crippen molar-refractivity contribution in [2.24, 2.45) is 4.99 Å². The van der Waals surface area contributed by atoms with Gasteiger partial charge in [0.15, 0.2) is 10.6 Å². The number of nitriles is 1. The number of hydrogen-bond donors (Lipinski definition) is 1. The largest absolute Gasteiger partial charge is 0.573 e. The summed E-state index contributed by atoms with van der Waals surface area (Å²) in [5.74, 6) is -0.299. The zero-order chi connectivity index (χ0) is 33.0. The number of ether oxygens (including phenoxy) is 1. The number of aromatic nitrogens is 4. The normalized spacial score (nSPS) is 12.6. The second-order valence-electron chi connectivity index (χ2n) is 10.9. The number of benzene rings is 3. The van der Waals surface area contributed by atoms with Crippen molar-refractivity contribution in [2.45, 2.75) is 45.9 Å². The molecule has 5 aromatic rings. The summed E-state index contributed by atoms with van der Waals surface area (Å²) in [5.41, 5.74) is 6.07. The van der Waals surface area contributed by atoms with E-state index in [1.54, 1.807) is 24.3 Å². The van der Waals surface area contributed by atoms with E-state index in [0.717, 1.165) is 22.5 Å². The highest BCUT2D eigenvalue weighted by atomic mass is 32.1. The summed E-state index contributed by atoms with van der Waals surface area (Å²) < 4.78 is 44.6. The number of carbonyl (C=O) groups excluding carboxylic acids is 1. The molecule has 1 unspecified atom stereocenters. The summed E-state index contributed by atoms with van der Waals surface area (Å²) in [6.45, 7) is 8.31. The lowest BCUT2D eigenvalue weighted by Gasteiger charge is -2.16. The van der Waals surface area contributed by atoms with E-state index in [1.165, 1.54) is 46.6 Å². The van der Waals surface area contributed by atoms with E-state index < -0.39 is 18.3 Å². The number of urea groups is 1. The summed E-state index contributed by atoms with van der Waals surface area (Å²) in [6, 6.07) is 20.3. The Bertz CT molecular complexity index is 1950. The number of hydrogen-bond acceptors (Lipinski definition) is 6. The molecule has 0 bridgehead atoms. The van der Waals surface area contributed by atoms with Gasteiger partial charge in [-0.3, -0.25) is 4.57 Å². The van der Waals surface area contributed by atoms with Gasteiger partial charge in [-0.25, -0.2) is 14.5 Å². The van der Waals surface area contributed by atoms with Crippen LogP contribution in [0.5, 0.6) is 5.75 Å². The number of nitrogens with zero attached hydrogens (tertiary/aromatic N) is 6. The van der Waals surface area contributed by atoms with Gasteiger partial charge >= 0.3 is 12.4 Å². The second kappa shape index (κ2) is 13.4. The lowest BCUT2D eigenvalue weighted by molar-refractivity contribution is -0.274. The number of halogens is 3. The lowest BCUT2D eigenvalue weighted by Crippen LogP contribution is -2.28. The molecule has 0 saturated heterocycles. The first kappa shape index (κ1) is 32.2. The van der Waals surface area contributed by atoms with Crippen LogP contribution in [0.25, 0.3) is 22.8 Å². The van der Waals surface area contributed by atoms with Crippen LogP contribution in [-0.4, -0.2) is 38.3 Å². The van der Waals surface area contributed by atoms with Gasteiger partial charge in [0.2, 0.25) is 0 Å². The molecule has 1 atom stereocenters. The first-order valence-electron chi connectivity index (χ1n) is 14.3. The molecule has 5 rings (SSSR count). The predicted molar refractivity (Wildman–Crippen MR) is 168 cm³/mol. The van der Waals surface area contributed by atoms with E-state index in [-0.39, 0.29) is 18.2 Å². The minimum Gasteiger partial charge on any atom is -0.406 e. The molecular formula is C33H30F3N7O2S. The fourth-order valence-electron chi connectivity index (χ4n) is 4.84. The quantitative estimate of drug-likeness (QED) is 0.190. The van der Waals surface area contributed by atoms with E-state index in [0.29, 0.717) is 27.4 Å². The van der Waals surface area contributed by atoms with Crippen LogP contribution in [0.4, 0.5) is 18.0 Å². The number of rotatable bonds is 8. The number of nitrogens with one attached hydrogen (secondary N) is 1. The minimum absolute atomic E-state index is 0.0607. The Morgan fingerprint density at radius 3 is 2.46 bits per heavy atom. The standard InChI is InChI=1S/C33H30F3N7O2S/c1-20(2)28-14-5-21(3)15-29(28)43-22(4)18-46-32(43)40-31(44)38-17-25(16-37)23-6-8-24(9-7-23)30-39-19-42(41-30)26-10-12-27(13-11-26)45-33(34,35)36/h5-15,18-20,25H,17H2,1-4H3,(H,38,44)/b40-32-. The van der Waals surface area contributed by atoms with Crippen molar-refractivity contribution in [3.63, 3.8) is 0 Å². The summed E-state index contributed by atoms with van der Waals surface area (Å²) in [5, 5.41) is 19.0. The summed E-state index contributed by atoms with van der Waals surface area (Å²) in [7, 11) is 0. The summed E-state index contributed by atoms with van der Waals surface area (Å²) in [6.07, 6.45) is -3.33. The van der Waals surface area contributed by atoms with E-state index >= 15 is 0 Å². The number of aryl methyl sites for hydroxylation is 2. The first-order chi connectivity index (χ1) is 21.9. The molecule has 0 spiro atoms. The van der Waals surface area contributed by atoms with Crippen LogP contribution < -0.4 is 14.9 Å². The maximum absolute atomic E-state index is 12.9. The van der Waals surface area contributed by atoms with Gasteiger partial charge < -0.3 is 10.1 Å². The van der Waals surface area contributed by atoms with Gasteiger partial charge in [0.1, 0.15) is 12.1 Å². The molecule has 9 nitrogen and oxygen atoms in total. The lowest BCUT2D eigenvalue weighted by atomic mass is 9.99. The van der Waals surface area contributed by atoms with Gasteiger partial charge in [-0.1, -0.05) is 50.2 Å². The van der Waals surface area contributed by atoms with E-state index in [4.69, 9.17) is 0 Å². The average Bonchev–Trinajstić information content (AvgIpc) is 3.64. The molecule has 1 N–H and O–H groups in total. The Morgan fingerprint density at radius 2 is 1.80 bits per heavy atom. The van der Waals surface area contributed by atoms with E-state index in [1.807, 2.05) is 23.8 Å². The first-order valence-corrected chi connectivity index (χ1v) is 15.2. The van der Waals surface area contributed by atoms with Crippen LogP contribution in [0.3, 0.4) is 0 Å². The van der Waals surface area contributed by atoms with Crippen LogP contribution in [0.1, 0.15) is 48.1 Å². The van der Waals surface area contributed by atoms with Crippen molar-refractivity contribution in [1.29, 1.82) is 5.26 Å². The van der Waals surface area contributed by atoms with Gasteiger partial charge in [0, 0.05) is 23.2 Å². The third kappa shape index (κ3) is 7.52. The number of amides is 2. The zero-order valence-corrected chi connectivity index (χ0v) is 26.2. The van der Waals surface area contributed by atoms with Gasteiger partial charge in [0.25, 0.3) is 0 Å². The molecule has 2 heterocycles. The number of alkyl halides is 3. The van der Waals surface area contributed by atoms with Crippen LogP contribution in [0, 0.1) is 25.2 Å². The van der Waals surface area contributed by atoms with Crippen molar-refractivity contribution < 1.29 is 22.7 Å². The highest BCUT2D eigenvalue weighted by molar-refractivity contribution is 7.07. The molecule has 0 fully saturated rings. The Balaban J connectivity index is 1.26. The van der Waals surface area contributed by atoms with Crippen molar-refractivity contribution in [2.75, 3.05) is 6.54 Å². The van der Waals surface area contributed by atoms with Crippen molar-refractivity contribution in [3.05, 3.63) is 106 Å². The average molecular weight is 646 g/mol. The maximum atomic E-state index is 12.9. The molecule has 0 aliphatic carbocycles. The fourth-order valence-corrected chi connectivity index (χ4v) is 5.70. The maximum Gasteiger partial charge on any atom is 0.573 e. The van der Waals surface area contributed by atoms with E-state index in [9.17, 15) is 23.2 Å². The molecule has 2 amide bonds. The highest BCUT2D eigenvalue weighted by Crippen LogP contribution is 2.26. The van der Waals surface area contributed by atoms with Gasteiger partial charge in [0.05, 0.1) is 23.4 Å². The van der Waals surface area contributed by atoms with Crippen molar-refractivity contribution >= 4 is 17.4 Å². The molecule has 0 radical (unpaired) electrons. The summed E-state index contributed by atoms with van der Waals surface area (Å²) >= 11 is 1.37. The second-order valence-corrected chi connectivity index (χ2v) is 11.7. The monoisotopic (exact) mass is 645 g/mol. The smallest absolute Gasteiger partial charge is 0.406 e. The van der Waals surface area contributed by atoms with Crippen LogP contribution in [0.2, 0.25) is 0 Å². The van der Waals surface area contributed by atoms with E-state index in [2.05, 4.69) is 63.2 Å². The highest BCUT2D eigenvalue weighted by Gasteiger charge is 2.31. The molecule has 13 heteroatoms. The molecule has 0 aliphatic rings. The third-order valence-corrected chi connectivity index (χ3v) is 8.08. The Kier molecular flexibility index (Phi) is 9.39. The van der Waals surface area contributed by atoms with Crippen LogP contribution >= 0.6 is 11.3 Å². The minimum atomic E-state index is -4.77. The Morgan fingerprint density at radius 1 is 1.09 bits per heavy atom. The molecule has 236 valence electrons. The summed E-state index contributed by atoms with van der Waals surface area (Å²) in [4.78, 5) is 22.1. The predicted octanol–water partition coefficient (Wildman–Crippen LogP) is 7.34. The van der Waals surface area contributed by atoms with Crippen molar-refractivity contribution in [3.8, 4) is 34.6 Å².